The van der Waals surface area contributed by atoms with Gasteiger partial charge in [-0.3, -0.25) is 5.41 Å². The first kappa shape index (κ1) is 22.0. The molecule has 3 N–H and O–H groups in total. The number of nitrogens with one attached hydrogen (secondary N) is 1. The number of benzene rings is 1. The summed E-state index contributed by atoms with van der Waals surface area (Å²) < 4.78 is 26.9. The molecule has 6 nitrogen and oxygen atoms in total. The van der Waals surface area contributed by atoms with Crippen molar-refractivity contribution in [1.29, 1.82) is 5.41 Å². The van der Waals surface area contributed by atoms with Crippen LogP contribution >= 0.6 is 24.8 Å². The Bertz CT molecular complexity index is 676. The van der Waals surface area contributed by atoms with Gasteiger partial charge in [-0.2, -0.15) is 0 Å². The summed E-state index contributed by atoms with van der Waals surface area (Å²) in [6, 6.07) is 7.16. The van der Waals surface area contributed by atoms with Gasteiger partial charge in [0.05, 0.1) is 11.4 Å². The van der Waals surface area contributed by atoms with Crippen molar-refractivity contribution in [3.63, 3.8) is 0 Å². The van der Waals surface area contributed by atoms with Crippen LogP contribution in [0.5, 0.6) is 0 Å². The highest BCUT2D eigenvalue weighted by Gasteiger charge is 2.38. The molecule has 1 heterocycles. The zero-order valence-electron chi connectivity index (χ0n) is 14.1. The lowest BCUT2D eigenvalue weighted by atomic mass is 10.2. The molecule has 1 aromatic carbocycles. The second-order valence-corrected chi connectivity index (χ2v) is 8.08. The van der Waals surface area contributed by atoms with Gasteiger partial charge < -0.3 is 10.6 Å². The molecule has 9 heteroatoms. The van der Waals surface area contributed by atoms with Crippen LogP contribution in [-0.2, 0) is 16.4 Å². The molecular weight excluding hydrogens is 383 g/mol. The fourth-order valence-electron chi connectivity index (χ4n) is 3.48. The minimum Gasteiger partial charge on any atom is -0.337 e. The van der Waals surface area contributed by atoms with Gasteiger partial charge in [0.25, 0.3) is 10.0 Å². The Morgan fingerprint density at radius 2 is 1.68 bits per heavy atom. The normalized spacial score (nSPS) is 18.2. The highest BCUT2D eigenvalue weighted by molar-refractivity contribution is 7.89. The van der Waals surface area contributed by atoms with Crippen molar-refractivity contribution in [3.05, 3.63) is 29.8 Å². The molecule has 0 radical (unpaired) electrons. The SMILES string of the molecule is Cl.Cl.N=C1N(C2CCCC2)CCN1S(=O)(=O)c1ccc(CCN)cc1. The average molecular weight is 409 g/mol. The quantitative estimate of drug-likeness (QED) is 0.780. The number of guanidine groups is 1. The van der Waals surface area contributed by atoms with Crippen LogP contribution in [0.15, 0.2) is 29.2 Å². The summed E-state index contributed by atoms with van der Waals surface area (Å²) in [5, 5.41) is 8.30. The monoisotopic (exact) mass is 408 g/mol. The Morgan fingerprint density at radius 3 is 2.24 bits per heavy atom. The molecule has 2 aliphatic rings. The van der Waals surface area contributed by atoms with E-state index in [0.29, 0.717) is 25.7 Å². The summed E-state index contributed by atoms with van der Waals surface area (Å²) in [4.78, 5) is 2.20. The smallest absolute Gasteiger partial charge is 0.266 e. The van der Waals surface area contributed by atoms with Crippen LogP contribution < -0.4 is 5.73 Å². The zero-order chi connectivity index (χ0) is 16.4. The molecule has 0 aromatic heterocycles. The minimum atomic E-state index is -3.65. The van der Waals surface area contributed by atoms with Gasteiger partial charge >= 0.3 is 0 Å². The van der Waals surface area contributed by atoms with E-state index in [1.54, 1.807) is 24.3 Å². The highest BCUT2D eigenvalue weighted by atomic mass is 35.5. The second kappa shape index (κ2) is 9.07. The second-order valence-electron chi connectivity index (χ2n) is 6.22. The maximum absolute atomic E-state index is 12.8. The lowest BCUT2D eigenvalue weighted by Gasteiger charge is -2.26. The Kier molecular flexibility index (Phi) is 7.99. The lowest BCUT2D eigenvalue weighted by molar-refractivity contribution is 0.342. The van der Waals surface area contributed by atoms with Crippen LogP contribution in [0, 0.1) is 5.41 Å². The molecule has 2 fully saturated rings. The fourth-order valence-corrected chi connectivity index (χ4v) is 4.87. The molecule has 3 rings (SSSR count). The molecule has 0 atom stereocenters. The Labute approximate surface area is 162 Å². The summed E-state index contributed by atoms with van der Waals surface area (Å²) in [6.45, 7) is 1.52. The topological polar surface area (TPSA) is 90.5 Å². The van der Waals surface area contributed by atoms with Gasteiger partial charge in [0.1, 0.15) is 0 Å². The highest BCUT2D eigenvalue weighted by Crippen LogP contribution is 2.28. The van der Waals surface area contributed by atoms with Gasteiger partial charge in [-0.05, 0) is 43.5 Å². The number of nitrogens with two attached hydrogens (primary N) is 1. The zero-order valence-corrected chi connectivity index (χ0v) is 16.5. The van der Waals surface area contributed by atoms with Gasteiger partial charge in [-0.15, -0.1) is 24.8 Å². The molecule has 1 aliphatic carbocycles. The molecule has 1 aliphatic heterocycles. The van der Waals surface area contributed by atoms with Crippen molar-refractivity contribution in [2.75, 3.05) is 19.6 Å². The number of nitrogens with zero attached hydrogens (tertiary/aromatic N) is 2. The van der Waals surface area contributed by atoms with E-state index >= 15 is 0 Å². The van der Waals surface area contributed by atoms with Gasteiger partial charge in [0, 0.05) is 12.6 Å². The largest absolute Gasteiger partial charge is 0.337 e. The van der Waals surface area contributed by atoms with Crippen molar-refractivity contribution < 1.29 is 8.42 Å². The van der Waals surface area contributed by atoms with Crippen LogP contribution in [0.25, 0.3) is 0 Å². The standard InChI is InChI=1S/C16H24N4O2S.2ClH/c17-10-9-13-5-7-15(8-6-13)23(21,22)20-12-11-19(16(20)18)14-3-1-2-4-14;;/h5-8,14,18H,1-4,9-12,17H2;2*1H. The fraction of sp³-hybridized carbons (Fsp3) is 0.562. The summed E-state index contributed by atoms with van der Waals surface area (Å²) >= 11 is 0. The predicted octanol–water partition coefficient (Wildman–Crippen LogP) is 2.22. The van der Waals surface area contributed by atoms with Crippen LogP contribution in [0.3, 0.4) is 0 Å². The first-order valence-electron chi connectivity index (χ1n) is 8.21. The first-order chi connectivity index (χ1) is 11.0. The molecule has 0 amide bonds. The first-order valence-corrected chi connectivity index (χ1v) is 9.65. The Balaban J connectivity index is 0.00000156. The predicted molar refractivity (Wildman–Crippen MR) is 104 cm³/mol. The van der Waals surface area contributed by atoms with Crippen molar-refractivity contribution in [1.82, 2.24) is 9.21 Å². The Morgan fingerprint density at radius 1 is 1.08 bits per heavy atom. The summed E-state index contributed by atoms with van der Waals surface area (Å²) in [5.41, 5.74) is 6.54. The van der Waals surface area contributed by atoms with Crippen molar-refractivity contribution >= 4 is 40.8 Å². The average Bonchev–Trinajstić information content (AvgIpc) is 3.17. The summed E-state index contributed by atoms with van der Waals surface area (Å²) in [6.07, 6.45) is 5.19. The number of hydrogen-bond donors (Lipinski definition) is 2. The molecule has 1 aromatic rings. The third-order valence-corrected chi connectivity index (χ3v) is 6.57. The third-order valence-electron chi connectivity index (χ3n) is 4.76. The molecule has 25 heavy (non-hydrogen) atoms. The number of rotatable bonds is 5. The van der Waals surface area contributed by atoms with E-state index in [4.69, 9.17) is 11.1 Å². The molecular formula is C16H26Cl2N4O2S. The third kappa shape index (κ3) is 4.39. The summed E-state index contributed by atoms with van der Waals surface area (Å²) in [7, 11) is -3.65. The van der Waals surface area contributed by atoms with E-state index < -0.39 is 10.0 Å². The van der Waals surface area contributed by atoms with Gasteiger partial charge in [-0.1, -0.05) is 25.0 Å². The van der Waals surface area contributed by atoms with E-state index in [2.05, 4.69) is 0 Å². The molecule has 142 valence electrons. The minimum absolute atomic E-state index is 0. The lowest BCUT2D eigenvalue weighted by Crippen LogP contribution is -2.40. The molecule has 0 unspecified atom stereocenters. The van der Waals surface area contributed by atoms with Crippen molar-refractivity contribution in [2.45, 2.75) is 43.0 Å². The van der Waals surface area contributed by atoms with Crippen LogP contribution in [0.1, 0.15) is 31.2 Å². The van der Waals surface area contributed by atoms with E-state index in [-0.39, 0.29) is 35.7 Å². The van der Waals surface area contributed by atoms with Gasteiger partial charge in [0.15, 0.2) is 0 Å². The van der Waals surface area contributed by atoms with E-state index in [1.165, 1.54) is 17.1 Å². The van der Waals surface area contributed by atoms with Crippen molar-refractivity contribution in [3.8, 4) is 0 Å². The van der Waals surface area contributed by atoms with E-state index in [1.807, 2.05) is 4.90 Å². The van der Waals surface area contributed by atoms with Crippen LogP contribution in [0.4, 0.5) is 0 Å². The number of sulfonamides is 1. The number of halogens is 2. The molecule has 0 spiro atoms. The van der Waals surface area contributed by atoms with Gasteiger partial charge in [0.2, 0.25) is 5.96 Å². The Hall–Kier alpha value is -1.02. The molecule has 1 saturated heterocycles. The van der Waals surface area contributed by atoms with Gasteiger partial charge in [-0.25, -0.2) is 12.7 Å². The van der Waals surface area contributed by atoms with Crippen LogP contribution in [0.2, 0.25) is 0 Å². The maximum Gasteiger partial charge on any atom is 0.266 e. The molecule has 0 bridgehead atoms. The van der Waals surface area contributed by atoms with E-state index in [0.717, 1.165) is 24.8 Å². The van der Waals surface area contributed by atoms with Crippen molar-refractivity contribution in [2.24, 2.45) is 5.73 Å². The number of hydrogen-bond acceptors (Lipinski definition) is 4. The maximum atomic E-state index is 12.8. The summed E-state index contributed by atoms with van der Waals surface area (Å²) in [5.74, 6) is 0.128. The molecule has 1 saturated carbocycles. The van der Waals surface area contributed by atoms with E-state index in [9.17, 15) is 8.42 Å². The van der Waals surface area contributed by atoms with Crippen LogP contribution in [-0.4, -0.2) is 49.3 Å².